The van der Waals surface area contributed by atoms with Crippen LogP contribution in [-0.2, 0) is 5.41 Å². The molecule has 0 spiro atoms. The third kappa shape index (κ3) is 2.99. The molecule has 16 heavy (non-hydrogen) atoms. The highest BCUT2D eigenvalue weighted by atomic mass is 16.2. The molecule has 0 bridgehead atoms. The number of urea groups is 1. The normalized spacial score (nSPS) is 11.2. The Morgan fingerprint density at radius 2 is 2.00 bits per heavy atom. The Hall–Kier alpha value is -1.51. The zero-order valence-corrected chi connectivity index (χ0v) is 10.4. The first-order chi connectivity index (χ1) is 7.33. The van der Waals surface area contributed by atoms with E-state index in [1.807, 2.05) is 0 Å². The number of nitrogens with two attached hydrogens (primary N) is 1. The van der Waals surface area contributed by atoms with Gasteiger partial charge in [-0.3, -0.25) is 0 Å². The molecule has 1 rings (SSSR count). The lowest BCUT2D eigenvalue weighted by Gasteiger charge is -2.27. The zero-order chi connectivity index (χ0) is 12.3. The third-order valence-electron chi connectivity index (χ3n) is 2.82. The largest absolute Gasteiger partial charge is 0.352 e. The van der Waals surface area contributed by atoms with Crippen LogP contribution < -0.4 is 11.1 Å². The molecule has 0 saturated heterocycles. The van der Waals surface area contributed by atoms with E-state index in [9.17, 15) is 4.79 Å². The number of aryl methyl sites for hydroxylation is 2. The molecule has 0 aliphatic heterocycles. The highest BCUT2D eigenvalue weighted by Crippen LogP contribution is 2.26. The van der Waals surface area contributed by atoms with E-state index in [0.29, 0.717) is 6.54 Å². The van der Waals surface area contributed by atoms with Crippen molar-refractivity contribution in [3.8, 4) is 0 Å². The molecule has 0 fully saturated rings. The maximum absolute atomic E-state index is 10.7. The minimum absolute atomic E-state index is 0.104. The Balaban J connectivity index is 2.92. The summed E-state index contributed by atoms with van der Waals surface area (Å²) in [5.41, 5.74) is 8.72. The van der Waals surface area contributed by atoms with Gasteiger partial charge >= 0.3 is 6.03 Å². The lowest BCUT2D eigenvalue weighted by atomic mass is 9.81. The molecular weight excluding hydrogens is 200 g/mol. The maximum atomic E-state index is 10.7. The molecule has 1 aromatic carbocycles. The average Bonchev–Trinajstić information content (AvgIpc) is 2.14. The fraction of sp³-hybridized carbons (Fsp3) is 0.462. The minimum Gasteiger partial charge on any atom is -0.352 e. The van der Waals surface area contributed by atoms with Gasteiger partial charge in [-0.1, -0.05) is 37.6 Å². The van der Waals surface area contributed by atoms with E-state index in [1.165, 1.54) is 16.7 Å². The molecule has 1 aromatic rings. The van der Waals surface area contributed by atoms with E-state index in [1.54, 1.807) is 0 Å². The first-order valence-corrected chi connectivity index (χ1v) is 5.44. The predicted molar refractivity (Wildman–Crippen MR) is 66.5 cm³/mol. The van der Waals surface area contributed by atoms with Crippen molar-refractivity contribution >= 4 is 6.03 Å². The first kappa shape index (κ1) is 12.6. The molecule has 3 nitrogen and oxygen atoms in total. The molecule has 0 aromatic heterocycles. The quantitative estimate of drug-likeness (QED) is 0.806. The average molecular weight is 220 g/mol. The number of amides is 2. The van der Waals surface area contributed by atoms with Crippen molar-refractivity contribution < 1.29 is 4.79 Å². The van der Waals surface area contributed by atoms with Gasteiger partial charge in [0.25, 0.3) is 0 Å². The number of carbonyl (C=O) groups is 1. The van der Waals surface area contributed by atoms with Gasteiger partial charge in [-0.15, -0.1) is 0 Å². The molecule has 0 radical (unpaired) electrons. The van der Waals surface area contributed by atoms with Gasteiger partial charge < -0.3 is 11.1 Å². The molecule has 0 unspecified atom stereocenters. The van der Waals surface area contributed by atoms with Gasteiger partial charge in [0.15, 0.2) is 0 Å². The fourth-order valence-corrected chi connectivity index (χ4v) is 1.98. The van der Waals surface area contributed by atoms with Crippen LogP contribution in [0.1, 0.15) is 30.5 Å². The zero-order valence-electron chi connectivity index (χ0n) is 10.4. The third-order valence-corrected chi connectivity index (χ3v) is 2.82. The Morgan fingerprint density at radius 1 is 1.38 bits per heavy atom. The van der Waals surface area contributed by atoms with Gasteiger partial charge in [-0.25, -0.2) is 4.79 Å². The number of nitrogens with one attached hydrogen (secondary N) is 1. The maximum Gasteiger partial charge on any atom is 0.312 e. The molecule has 0 aliphatic carbocycles. The minimum atomic E-state index is -0.474. The van der Waals surface area contributed by atoms with E-state index in [4.69, 9.17) is 5.73 Å². The molecule has 0 atom stereocenters. The summed E-state index contributed by atoms with van der Waals surface area (Å²) in [6.45, 7) is 8.91. The molecule has 0 aliphatic rings. The standard InChI is InChI=1S/C13H20N2O/c1-9-5-6-11(10(2)7-9)13(3,4)8-15-12(14)16/h5-7H,8H2,1-4H3,(H3,14,15,16). The van der Waals surface area contributed by atoms with Crippen molar-refractivity contribution in [1.82, 2.24) is 5.32 Å². The summed E-state index contributed by atoms with van der Waals surface area (Å²) in [5.74, 6) is 0. The van der Waals surface area contributed by atoms with Crippen LogP contribution in [0, 0.1) is 13.8 Å². The van der Waals surface area contributed by atoms with Gasteiger partial charge in [0.2, 0.25) is 0 Å². The number of hydrogen-bond donors (Lipinski definition) is 2. The summed E-state index contributed by atoms with van der Waals surface area (Å²) in [7, 11) is 0. The highest BCUT2D eigenvalue weighted by Gasteiger charge is 2.22. The van der Waals surface area contributed by atoms with Gasteiger partial charge in [0, 0.05) is 12.0 Å². The fourth-order valence-electron chi connectivity index (χ4n) is 1.98. The molecular formula is C13H20N2O. The van der Waals surface area contributed by atoms with E-state index < -0.39 is 6.03 Å². The van der Waals surface area contributed by atoms with E-state index in [2.05, 4.69) is 51.2 Å². The number of rotatable bonds is 3. The number of carbonyl (C=O) groups excluding carboxylic acids is 1. The predicted octanol–water partition coefficient (Wildman–Crippen LogP) is 2.25. The molecule has 0 saturated carbocycles. The van der Waals surface area contributed by atoms with E-state index in [0.717, 1.165) is 0 Å². The second-order valence-electron chi connectivity index (χ2n) is 4.92. The molecule has 3 heteroatoms. The van der Waals surface area contributed by atoms with Gasteiger partial charge in [-0.05, 0) is 25.0 Å². The number of benzene rings is 1. The van der Waals surface area contributed by atoms with Gasteiger partial charge in [-0.2, -0.15) is 0 Å². The van der Waals surface area contributed by atoms with Crippen molar-refractivity contribution in [2.24, 2.45) is 5.73 Å². The van der Waals surface area contributed by atoms with Crippen LogP contribution >= 0.6 is 0 Å². The van der Waals surface area contributed by atoms with Crippen LogP contribution in [0.25, 0.3) is 0 Å². The van der Waals surface area contributed by atoms with Crippen molar-refractivity contribution in [2.45, 2.75) is 33.1 Å². The summed E-state index contributed by atoms with van der Waals surface area (Å²) < 4.78 is 0. The Bertz CT molecular complexity index is 397. The first-order valence-electron chi connectivity index (χ1n) is 5.44. The Labute approximate surface area is 97.0 Å². The van der Waals surface area contributed by atoms with Crippen molar-refractivity contribution in [2.75, 3.05) is 6.54 Å². The van der Waals surface area contributed by atoms with Crippen molar-refractivity contribution in [3.05, 3.63) is 34.9 Å². The summed E-state index contributed by atoms with van der Waals surface area (Å²) in [6, 6.07) is 5.89. The molecule has 3 N–H and O–H groups in total. The second kappa shape index (κ2) is 4.56. The van der Waals surface area contributed by atoms with Crippen LogP contribution in [0.4, 0.5) is 4.79 Å². The summed E-state index contributed by atoms with van der Waals surface area (Å²) in [6.07, 6.45) is 0. The molecule has 0 heterocycles. The van der Waals surface area contributed by atoms with Crippen molar-refractivity contribution in [1.29, 1.82) is 0 Å². The van der Waals surface area contributed by atoms with E-state index in [-0.39, 0.29) is 5.41 Å². The number of primary amides is 1. The number of hydrogen-bond acceptors (Lipinski definition) is 1. The smallest absolute Gasteiger partial charge is 0.312 e. The van der Waals surface area contributed by atoms with Crippen LogP contribution in [-0.4, -0.2) is 12.6 Å². The summed E-state index contributed by atoms with van der Waals surface area (Å²) in [5, 5.41) is 2.66. The summed E-state index contributed by atoms with van der Waals surface area (Å²) in [4.78, 5) is 10.7. The highest BCUT2D eigenvalue weighted by molar-refractivity contribution is 5.71. The van der Waals surface area contributed by atoms with Crippen molar-refractivity contribution in [3.63, 3.8) is 0 Å². The van der Waals surface area contributed by atoms with Crippen LogP contribution in [0.3, 0.4) is 0 Å². The molecule has 2 amide bonds. The van der Waals surface area contributed by atoms with Crippen LogP contribution in [0.15, 0.2) is 18.2 Å². The summed E-state index contributed by atoms with van der Waals surface area (Å²) >= 11 is 0. The lowest BCUT2D eigenvalue weighted by molar-refractivity contribution is 0.246. The molecule has 88 valence electrons. The van der Waals surface area contributed by atoms with Crippen LogP contribution in [0.5, 0.6) is 0 Å². The topological polar surface area (TPSA) is 55.1 Å². The Morgan fingerprint density at radius 3 is 2.50 bits per heavy atom. The van der Waals surface area contributed by atoms with Gasteiger partial charge in [0.1, 0.15) is 0 Å². The van der Waals surface area contributed by atoms with E-state index >= 15 is 0 Å². The van der Waals surface area contributed by atoms with Crippen LogP contribution in [0.2, 0.25) is 0 Å². The Kier molecular flexibility index (Phi) is 3.58. The lowest BCUT2D eigenvalue weighted by Crippen LogP contribution is -2.39. The van der Waals surface area contributed by atoms with Gasteiger partial charge in [0.05, 0.1) is 0 Å². The SMILES string of the molecule is Cc1ccc(C(C)(C)CNC(N)=O)c(C)c1. The monoisotopic (exact) mass is 220 g/mol. The second-order valence-corrected chi connectivity index (χ2v) is 4.92.